The van der Waals surface area contributed by atoms with Gasteiger partial charge >= 0.3 is 0 Å². The summed E-state index contributed by atoms with van der Waals surface area (Å²) in [7, 11) is 0. The predicted molar refractivity (Wildman–Crippen MR) is 53.8 cm³/mol. The second kappa shape index (κ2) is 4.15. The van der Waals surface area contributed by atoms with Gasteiger partial charge in [0.2, 0.25) is 0 Å². The molecule has 14 heavy (non-hydrogen) atoms. The highest BCUT2D eigenvalue weighted by atomic mass is 16.5. The molecule has 1 saturated heterocycles. The maximum absolute atomic E-state index is 6.17. The predicted octanol–water partition coefficient (Wildman–Crippen LogP) is 2.09. The van der Waals surface area contributed by atoms with Crippen molar-refractivity contribution in [1.82, 2.24) is 0 Å². The molecule has 3 atom stereocenters. The van der Waals surface area contributed by atoms with Crippen molar-refractivity contribution in [3.63, 3.8) is 0 Å². The van der Waals surface area contributed by atoms with Gasteiger partial charge in [0.25, 0.3) is 0 Å². The molecule has 3 unspecified atom stereocenters. The van der Waals surface area contributed by atoms with E-state index in [4.69, 9.17) is 14.9 Å². The maximum Gasteiger partial charge on any atom is 0.0950 e. The Morgan fingerprint density at radius 1 is 1.64 bits per heavy atom. The van der Waals surface area contributed by atoms with Gasteiger partial charge < -0.3 is 14.9 Å². The first kappa shape index (κ1) is 9.74. The molecule has 0 amide bonds. The molecule has 3 nitrogen and oxygen atoms in total. The van der Waals surface area contributed by atoms with E-state index in [1.165, 1.54) is 0 Å². The number of hydrogen-bond acceptors (Lipinski definition) is 3. The third kappa shape index (κ3) is 1.70. The van der Waals surface area contributed by atoms with E-state index in [1.54, 1.807) is 12.5 Å². The number of nitrogens with two attached hydrogens (primary N) is 1. The van der Waals surface area contributed by atoms with Crippen molar-refractivity contribution in [2.24, 2.45) is 11.7 Å². The Morgan fingerprint density at radius 2 is 2.50 bits per heavy atom. The van der Waals surface area contributed by atoms with Crippen LogP contribution in [0.4, 0.5) is 0 Å². The van der Waals surface area contributed by atoms with Crippen LogP contribution in [0.25, 0.3) is 0 Å². The molecule has 1 aromatic heterocycles. The molecule has 0 aliphatic carbocycles. The van der Waals surface area contributed by atoms with Crippen LogP contribution in [0.2, 0.25) is 0 Å². The van der Waals surface area contributed by atoms with E-state index < -0.39 is 0 Å². The molecule has 2 rings (SSSR count). The van der Waals surface area contributed by atoms with Crippen LogP contribution in [0.5, 0.6) is 0 Å². The molecule has 0 saturated carbocycles. The number of hydrogen-bond donors (Lipinski definition) is 1. The lowest BCUT2D eigenvalue weighted by atomic mass is 9.88. The number of rotatable bonds is 3. The largest absolute Gasteiger partial charge is 0.472 e. The molecule has 1 fully saturated rings. The molecule has 0 spiro atoms. The van der Waals surface area contributed by atoms with E-state index >= 15 is 0 Å². The lowest BCUT2D eigenvalue weighted by Crippen LogP contribution is -2.27. The third-order valence-corrected chi connectivity index (χ3v) is 3.05. The molecule has 3 heteroatoms. The fourth-order valence-electron chi connectivity index (χ4n) is 2.21. The molecule has 2 heterocycles. The van der Waals surface area contributed by atoms with Crippen molar-refractivity contribution in [3.05, 3.63) is 24.2 Å². The SMILES string of the molecule is CCC1OCCC1C(N)c1ccoc1. The van der Waals surface area contributed by atoms with E-state index in [1.807, 2.05) is 6.07 Å². The van der Waals surface area contributed by atoms with Crippen LogP contribution in [0.15, 0.2) is 23.0 Å². The van der Waals surface area contributed by atoms with Crippen LogP contribution in [-0.4, -0.2) is 12.7 Å². The number of ether oxygens (including phenoxy) is 1. The monoisotopic (exact) mass is 195 g/mol. The summed E-state index contributed by atoms with van der Waals surface area (Å²) in [5, 5.41) is 0. The van der Waals surface area contributed by atoms with Crippen LogP contribution in [-0.2, 0) is 4.74 Å². The molecular weight excluding hydrogens is 178 g/mol. The fourth-order valence-corrected chi connectivity index (χ4v) is 2.21. The zero-order valence-corrected chi connectivity index (χ0v) is 8.48. The van der Waals surface area contributed by atoms with Gasteiger partial charge in [-0.25, -0.2) is 0 Å². The summed E-state index contributed by atoms with van der Waals surface area (Å²) in [6.07, 6.45) is 5.82. The van der Waals surface area contributed by atoms with Crippen molar-refractivity contribution in [3.8, 4) is 0 Å². The lowest BCUT2D eigenvalue weighted by Gasteiger charge is -2.22. The quantitative estimate of drug-likeness (QED) is 0.803. The van der Waals surface area contributed by atoms with Crippen LogP contribution in [0, 0.1) is 5.92 Å². The average molecular weight is 195 g/mol. The first-order valence-corrected chi connectivity index (χ1v) is 5.22. The van der Waals surface area contributed by atoms with Gasteiger partial charge in [-0.1, -0.05) is 6.92 Å². The Bertz CT molecular complexity index is 271. The summed E-state index contributed by atoms with van der Waals surface area (Å²) >= 11 is 0. The Balaban J connectivity index is 2.07. The minimum Gasteiger partial charge on any atom is -0.472 e. The molecule has 78 valence electrons. The summed E-state index contributed by atoms with van der Waals surface area (Å²) in [5.41, 5.74) is 7.25. The highest BCUT2D eigenvalue weighted by Gasteiger charge is 2.32. The molecule has 0 aromatic carbocycles. The second-order valence-electron chi connectivity index (χ2n) is 3.85. The average Bonchev–Trinajstić information content (AvgIpc) is 2.87. The first-order chi connectivity index (χ1) is 6.83. The van der Waals surface area contributed by atoms with Crippen molar-refractivity contribution in [1.29, 1.82) is 0 Å². The van der Waals surface area contributed by atoms with Crippen molar-refractivity contribution >= 4 is 0 Å². The normalized spacial score (nSPS) is 29.3. The fraction of sp³-hybridized carbons (Fsp3) is 0.636. The van der Waals surface area contributed by atoms with Gasteiger partial charge in [-0.05, 0) is 18.9 Å². The van der Waals surface area contributed by atoms with Gasteiger partial charge in [0.05, 0.1) is 18.6 Å². The Kier molecular flexibility index (Phi) is 2.89. The third-order valence-electron chi connectivity index (χ3n) is 3.05. The van der Waals surface area contributed by atoms with Crippen LogP contribution in [0.1, 0.15) is 31.4 Å². The van der Waals surface area contributed by atoms with E-state index in [9.17, 15) is 0 Å². The Hall–Kier alpha value is -0.800. The first-order valence-electron chi connectivity index (χ1n) is 5.22. The summed E-state index contributed by atoms with van der Waals surface area (Å²) < 4.78 is 10.7. The van der Waals surface area contributed by atoms with Crippen molar-refractivity contribution in [2.45, 2.75) is 31.9 Å². The van der Waals surface area contributed by atoms with Gasteiger partial charge in [0.1, 0.15) is 0 Å². The van der Waals surface area contributed by atoms with Gasteiger partial charge in [0, 0.05) is 24.1 Å². The topological polar surface area (TPSA) is 48.4 Å². The summed E-state index contributed by atoms with van der Waals surface area (Å²) in [5.74, 6) is 0.442. The van der Waals surface area contributed by atoms with Gasteiger partial charge in [-0.2, -0.15) is 0 Å². The van der Waals surface area contributed by atoms with E-state index in [2.05, 4.69) is 6.92 Å². The van der Waals surface area contributed by atoms with Crippen molar-refractivity contribution in [2.75, 3.05) is 6.61 Å². The zero-order chi connectivity index (χ0) is 9.97. The summed E-state index contributed by atoms with van der Waals surface area (Å²) in [6, 6.07) is 2.00. The molecular formula is C11H17NO2. The molecule has 0 radical (unpaired) electrons. The minimum absolute atomic E-state index is 0.0567. The Labute approximate surface area is 84.2 Å². The van der Waals surface area contributed by atoms with E-state index in [0.29, 0.717) is 12.0 Å². The molecule has 0 bridgehead atoms. The van der Waals surface area contributed by atoms with Crippen LogP contribution >= 0.6 is 0 Å². The zero-order valence-electron chi connectivity index (χ0n) is 8.48. The van der Waals surface area contributed by atoms with Crippen LogP contribution < -0.4 is 5.73 Å². The van der Waals surface area contributed by atoms with Gasteiger partial charge in [-0.15, -0.1) is 0 Å². The van der Waals surface area contributed by atoms with Gasteiger partial charge in [0.15, 0.2) is 0 Å². The standard InChI is InChI=1S/C11H17NO2/c1-2-10-9(4-6-14-10)11(12)8-3-5-13-7-8/h3,5,7,9-11H,2,4,6,12H2,1H3. The smallest absolute Gasteiger partial charge is 0.0950 e. The highest BCUT2D eigenvalue weighted by Crippen LogP contribution is 2.33. The Morgan fingerprint density at radius 3 is 3.14 bits per heavy atom. The number of furan rings is 1. The molecule has 1 aliphatic rings. The highest BCUT2D eigenvalue weighted by molar-refractivity contribution is 5.13. The molecule has 1 aromatic rings. The van der Waals surface area contributed by atoms with E-state index in [0.717, 1.165) is 25.0 Å². The summed E-state index contributed by atoms with van der Waals surface area (Å²) in [6.45, 7) is 2.99. The minimum atomic E-state index is 0.0567. The lowest BCUT2D eigenvalue weighted by molar-refractivity contribution is 0.0813. The molecule has 1 aliphatic heterocycles. The van der Waals surface area contributed by atoms with E-state index in [-0.39, 0.29) is 6.04 Å². The maximum atomic E-state index is 6.17. The summed E-state index contributed by atoms with van der Waals surface area (Å²) in [4.78, 5) is 0. The molecule has 2 N–H and O–H groups in total. The van der Waals surface area contributed by atoms with Crippen LogP contribution in [0.3, 0.4) is 0 Å². The van der Waals surface area contributed by atoms with Gasteiger partial charge in [-0.3, -0.25) is 0 Å². The second-order valence-corrected chi connectivity index (χ2v) is 3.85. The van der Waals surface area contributed by atoms with Crippen molar-refractivity contribution < 1.29 is 9.15 Å².